The maximum atomic E-state index is 12.8. The lowest BCUT2D eigenvalue weighted by atomic mass is 9.85. The first kappa shape index (κ1) is 21.1. The van der Waals surface area contributed by atoms with Gasteiger partial charge in [-0.2, -0.15) is 0 Å². The van der Waals surface area contributed by atoms with Gasteiger partial charge >= 0.3 is 0 Å². The molecule has 3 fully saturated rings. The van der Waals surface area contributed by atoms with Gasteiger partial charge in [0, 0.05) is 37.9 Å². The number of carbonyl (C=O) groups is 1. The maximum Gasteiger partial charge on any atom is 0.239 e. The minimum absolute atomic E-state index is 0. The van der Waals surface area contributed by atoms with Gasteiger partial charge in [0.25, 0.3) is 0 Å². The van der Waals surface area contributed by atoms with Gasteiger partial charge in [-0.3, -0.25) is 4.79 Å². The SMILES string of the molecule is Cl.Cl.O=C(C1CC2CCCCC2N1)N1CCN(c2ccc(O)cc2)CC1. The van der Waals surface area contributed by atoms with Crippen molar-refractivity contribution in [1.82, 2.24) is 10.2 Å². The van der Waals surface area contributed by atoms with Crippen molar-refractivity contribution in [3.63, 3.8) is 0 Å². The van der Waals surface area contributed by atoms with Crippen LogP contribution in [0.15, 0.2) is 24.3 Å². The number of aromatic hydroxyl groups is 1. The second kappa shape index (κ2) is 9.16. The molecule has 3 atom stereocenters. The number of piperazine rings is 1. The molecule has 1 aromatic rings. The number of anilines is 1. The Kier molecular flexibility index (Phi) is 7.44. The van der Waals surface area contributed by atoms with E-state index in [-0.39, 0.29) is 30.9 Å². The fourth-order valence-corrected chi connectivity index (χ4v) is 4.58. The predicted molar refractivity (Wildman–Crippen MR) is 109 cm³/mol. The highest BCUT2D eigenvalue weighted by Crippen LogP contribution is 2.33. The van der Waals surface area contributed by atoms with Crippen molar-refractivity contribution in [2.75, 3.05) is 31.1 Å². The summed E-state index contributed by atoms with van der Waals surface area (Å²) in [6.45, 7) is 3.28. The Labute approximate surface area is 167 Å². The van der Waals surface area contributed by atoms with Crippen LogP contribution in [0.4, 0.5) is 5.69 Å². The van der Waals surface area contributed by atoms with E-state index >= 15 is 0 Å². The van der Waals surface area contributed by atoms with Crippen LogP contribution in [0.5, 0.6) is 5.75 Å². The monoisotopic (exact) mass is 401 g/mol. The molecule has 7 heteroatoms. The molecule has 5 nitrogen and oxygen atoms in total. The minimum Gasteiger partial charge on any atom is -0.508 e. The average molecular weight is 402 g/mol. The number of phenols is 1. The molecule has 1 saturated carbocycles. The fourth-order valence-electron chi connectivity index (χ4n) is 4.58. The third-order valence-electron chi connectivity index (χ3n) is 5.97. The number of rotatable bonds is 2. The highest BCUT2D eigenvalue weighted by atomic mass is 35.5. The van der Waals surface area contributed by atoms with Crippen LogP contribution in [0.2, 0.25) is 0 Å². The molecule has 1 aliphatic carbocycles. The van der Waals surface area contributed by atoms with Crippen LogP contribution in [-0.4, -0.2) is 54.2 Å². The third kappa shape index (κ3) is 4.38. The normalized spacial score (nSPS) is 27.9. The van der Waals surface area contributed by atoms with Gasteiger partial charge in [0.2, 0.25) is 5.91 Å². The first-order chi connectivity index (χ1) is 11.7. The number of carbonyl (C=O) groups excluding carboxylic acids is 1. The summed E-state index contributed by atoms with van der Waals surface area (Å²) in [7, 11) is 0. The van der Waals surface area contributed by atoms with Crippen LogP contribution in [0.25, 0.3) is 0 Å². The van der Waals surface area contributed by atoms with Crippen LogP contribution in [0.3, 0.4) is 0 Å². The average Bonchev–Trinajstić information content (AvgIpc) is 3.06. The van der Waals surface area contributed by atoms with E-state index < -0.39 is 0 Å². The van der Waals surface area contributed by atoms with E-state index in [0.717, 1.165) is 38.3 Å². The second-order valence-corrected chi connectivity index (χ2v) is 7.43. The molecule has 0 spiro atoms. The smallest absolute Gasteiger partial charge is 0.239 e. The van der Waals surface area contributed by atoms with Crippen LogP contribution in [0.1, 0.15) is 32.1 Å². The van der Waals surface area contributed by atoms with Crippen LogP contribution >= 0.6 is 24.8 Å². The number of hydrogen-bond acceptors (Lipinski definition) is 4. The van der Waals surface area contributed by atoms with E-state index in [1.54, 1.807) is 12.1 Å². The molecule has 4 rings (SSSR count). The van der Waals surface area contributed by atoms with Crippen molar-refractivity contribution in [3.8, 4) is 5.75 Å². The molecule has 0 bridgehead atoms. The maximum absolute atomic E-state index is 12.8. The van der Waals surface area contributed by atoms with Gasteiger partial charge in [-0.15, -0.1) is 24.8 Å². The molecule has 3 unspecified atom stereocenters. The summed E-state index contributed by atoms with van der Waals surface area (Å²) >= 11 is 0. The van der Waals surface area contributed by atoms with Crippen molar-refractivity contribution in [2.24, 2.45) is 5.92 Å². The van der Waals surface area contributed by atoms with E-state index in [2.05, 4.69) is 10.2 Å². The third-order valence-corrected chi connectivity index (χ3v) is 5.97. The first-order valence-corrected chi connectivity index (χ1v) is 9.29. The number of benzene rings is 1. The molecule has 1 aromatic carbocycles. The quantitative estimate of drug-likeness (QED) is 0.799. The van der Waals surface area contributed by atoms with Gasteiger partial charge in [-0.1, -0.05) is 12.8 Å². The summed E-state index contributed by atoms with van der Waals surface area (Å²) in [5, 5.41) is 13.0. The molecule has 0 radical (unpaired) electrons. The summed E-state index contributed by atoms with van der Waals surface area (Å²) in [5.74, 6) is 1.31. The summed E-state index contributed by atoms with van der Waals surface area (Å²) in [6.07, 6.45) is 6.19. The lowest BCUT2D eigenvalue weighted by Gasteiger charge is -2.37. The van der Waals surface area contributed by atoms with Crippen molar-refractivity contribution in [2.45, 2.75) is 44.2 Å². The van der Waals surface area contributed by atoms with Crippen molar-refractivity contribution in [3.05, 3.63) is 24.3 Å². The summed E-state index contributed by atoms with van der Waals surface area (Å²) in [5.41, 5.74) is 1.12. The van der Waals surface area contributed by atoms with Gasteiger partial charge in [0.15, 0.2) is 0 Å². The number of nitrogens with one attached hydrogen (secondary N) is 1. The number of phenolic OH excluding ortho intramolecular Hbond substituents is 1. The molecule has 2 saturated heterocycles. The number of halogens is 2. The van der Waals surface area contributed by atoms with Crippen molar-refractivity contribution >= 4 is 36.4 Å². The van der Waals surface area contributed by atoms with E-state index in [0.29, 0.717) is 23.6 Å². The van der Waals surface area contributed by atoms with Crippen LogP contribution in [0, 0.1) is 5.92 Å². The molecular formula is C19H29Cl2N3O2. The van der Waals surface area contributed by atoms with E-state index in [4.69, 9.17) is 0 Å². The molecule has 3 aliphatic rings. The second-order valence-electron chi connectivity index (χ2n) is 7.43. The fraction of sp³-hybridized carbons (Fsp3) is 0.632. The molecule has 2 N–H and O–H groups in total. The Morgan fingerprint density at radius 1 is 1.00 bits per heavy atom. The largest absolute Gasteiger partial charge is 0.508 e. The topological polar surface area (TPSA) is 55.8 Å². The Hall–Kier alpha value is -1.17. The van der Waals surface area contributed by atoms with Crippen LogP contribution in [-0.2, 0) is 4.79 Å². The molecule has 146 valence electrons. The first-order valence-electron chi connectivity index (χ1n) is 9.29. The van der Waals surface area contributed by atoms with Gasteiger partial charge < -0.3 is 20.2 Å². The number of amides is 1. The molecule has 1 amide bonds. The standard InChI is InChI=1S/C19H27N3O2.2ClH/c23-16-7-5-15(6-8-16)21-9-11-22(12-10-21)19(24)18-13-14-3-1-2-4-17(14)20-18;;/h5-8,14,17-18,20,23H,1-4,9-13H2;2*1H. The van der Waals surface area contributed by atoms with E-state index in [9.17, 15) is 9.90 Å². The van der Waals surface area contributed by atoms with Gasteiger partial charge in [0.05, 0.1) is 6.04 Å². The van der Waals surface area contributed by atoms with Gasteiger partial charge in [-0.05, 0) is 49.4 Å². The van der Waals surface area contributed by atoms with Crippen molar-refractivity contribution in [1.29, 1.82) is 0 Å². The molecule has 2 aliphatic heterocycles. The summed E-state index contributed by atoms with van der Waals surface area (Å²) in [4.78, 5) is 17.2. The van der Waals surface area contributed by atoms with E-state index in [1.165, 1.54) is 25.7 Å². The lowest BCUT2D eigenvalue weighted by molar-refractivity contribution is -0.133. The molecule has 2 heterocycles. The van der Waals surface area contributed by atoms with E-state index in [1.807, 2.05) is 17.0 Å². The van der Waals surface area contributed by atoms with Crippen molar-refractivity contribution < 1.29 is 9.90 Å². The number of nitrogens with zero attached hydrogens (tertiary/aromatic N) is 2. The Morgan fingerprint density at radius 2 is 1.65 bits per heavy atom. The van der Waals surface area contributed by atoms with Gasteiger partial charge in [0.1, 0.15) is 5.75 Å². The number of hydrogen-bond donors (Lipinski definition) is 2. The Balaban J connectivity index is 0.00000121. The summed E-state index contributed by atoms with van der Waals surface area (Å²) < 4.78 is 0. The predicted octanol–water partition coefficient (Wildman–Crippen LogP) is 2.81. The highest BCUT2D eigenvalue weighted by Gasteiger charge is 2.40. The Bertz CT molecular complexity index is 577. The minimum atomic E-state index is 0. The Morgan fingerprint density at radius 3 is 2.31 bits per heavy atom. The van der Waals surface area contributed by atoms with Crippen LogP contribution < -0.4 is 10.2 Å². The highest BCUT2D eigenvalue weighted by molar-refractivity contribution is 5.85. The zero-order valence-electron chi connectivity index (χ0n) is 15.0. The number of fused-ring (bicyclic) bond motifs is 1. The lowest BCUT2D eigenvalue weighted by Crippen LogP contribution is -2.53. The van der Waals surface area contributed by atoms with Gasteiger partial charge in [-0.25, -0.2) is 0 Å². The summed E-state index contributed by atoms with van der Waals surface area (Å²) in [6, 6.07) is 7.93. The zero-order valence-corrected chi connectivity index (χ0v) is 16.6. The zero-order chi connectivity index (χ0) is 16.5. The molecule has 26 heavy (non-hydrogen) atoms. The molecule has 0 aromatic heterocycles. The molecular weight excluding hydrogens is 373 g/mol.